The van der Waals surface area contributed by atoms with Crippen molar-refractivity contribution in [2.75, 3.05) is 0 Å². The van der Waals surface area contributed by atoms with Gasteiger partial charge in [-0.2, -0.15) is 0 Å². The molecule has 0 fully saturated rings. The Hall–Kier alpha value is -3.14. The molecule has 0 atom stereocenters. The summed E-state index contributed by atoms with van der Waals surface area (Å²) in [5, 5.41) is 20.7. The predicted octanol–water partition coefficient (Wildman–Crippen LogP) is 5.17. The van der Waals surface area contributed by atoms with Gasteiger partial charge in [-0.1, -0.05) is 35.4 Å². The van der Waals surface area contributed by atoms with Gasteiger partial charge in [0.1, 0.15) is 11.5 Å². The molecule has 0 aromatic heterocycles. The number of aliphatic hydroxyl groups is 2. The molecular formula is C24H26O4. The highest BCUT2D eigenvalue weighted by molar-refractivity contribution is 6.47. The van der Waals surface area contributed by atoms with Crippen LogP contribution in [0.4, 0.5) is 0 Å². The maximum absolute atomic E-state index is 12.3. The zero-order valence-electron chi connectivity index (χ0n) is 17.2. The average molecular weight is 378 g/mol. The van der Waals surface area contributed by atoms with Gasteiger partial charge in [-0.15, -0.1) is 0 Å². The van der Waals surface area contributed by atoms with E-state index in [0.29, 0.717) is 11.1 Å². The van der Waals surface area contributed by atoms with Crippen molar-refractivity contribution in [3.05, 3.63) is 80.9 Å². The fourth-order valence-electron chi connectivity index (χ4n) is 3.70. The standard InChI is InChI=1S/C24H26O4/c1-13-7-15(3)23(16(4)8-13)21(27)11-19(25)20(26)12-22(28)24-17(5)9-14(2)10-18(24)6/h7-12,27-28H,1-6H3. The summed E-state index contributed by atoms with van der Waals surface area (Å²) in [7, 11) is 0. The molecule has 2 N–H and O–H groups in total. The summed E-state index contributed by atoms with van der Waals surface area (Å²) in [5.74, 6) is -2.32. The van der Waals surface area contributed by atoms with Gasteiger partial charge in [0.05, 0.1) is 0 Å². The summed E-state index contributed by atoms with van der Waals surface area (Å²) in [6, 6.07) is 7.58. The molecule has 0 bridgehead atoms. The third-order valence-electron chi connectivity index (χ3n) is 4.64. The van der Waals surface area contributed by atoms with E-state index in [4.69, 9.17) is 0 Å². The van der Waals surface area contributed by atoms with Crippen LogP contribution in [0.3, 0.4) is 0 Å². The van der Waals surface area contributed by atoms with Gasteiger partial charge in [-0.3, -0.25) is 9.59 Å². The van der Waals surface area contributed by atoms with Gasteiger partial charge in [0.2, 0.25) is 11.6 Å². The first-order chi connectivity index (χ1) is 13.0. The molecule has 0 aliphatic heterocycles. The van der Waals surface area contributed by atoms with Crippen molar-refractivity contribution in [3.63, 3.8) is 0 Å². The van der Waals surface area contributed by atoms with Crippen LogP contribution in [-0.4, -0.2) is 21.8 Å². The molecule has 4 nitrogen and oxygen atoms in total. The topological polar surface area (TPSA) is 74.6 Å². The number of hydrogen-bond donors (Lipinski definition) is 2. The van der Waals surface area contributed by atoms with Gasteiger partial charge in [-0.25, -0.2) is 0 Å². The number of aryl methyl sites for hydroxylation is 6. The minimum Gasteiger partial charge on any atom is -0.507 e. The molecule has 0 aliphatic rings. The van der Waals surface area contributed by atoms with Gasteiger partial charge < -0.3 is 10.2 Å². The second-order valence-electron chi connectivity index (χ2n) is 7.34. The van der Waals surface area contributed by atoms with Gasteiger partial charge >= 0.3 is 0 Å². The molecule has 0 radical (unpaired) electrons. The first kappa shape index (κ1) is 21.2. The van der Waals surface area contributed by atoms with Gasteiger partial charge in [-0.05, 0) is 63.8 Å². The van der Waals surface area contributed by atoms with E-state index in [1.54, 1.807) is 0 Å². The number of ketones is 2. The van der Waals surface area contributed by atoms with E-state index in [2.05, 4.69) is 0 Å². The van der Waals surface area contributed by atoms with Crippen molar-refractivity contribution >= 4 is 23.1 Å². The third kappa shape index (κ3) is 4.58. The maximum atomic E-state index is 12.3. The molecule has 0 amide bonds. The fourth-order valence-corrected chi connectivity index (χ4v) is 3.70. The Balaban J connectivity index is 2.34. The predicted molar refractivity (Wildman–Crippen MR) is 113 cm³/mol. The first-order valence-electron chi connectivity index (χ1n) is 9.07. The van der Waals surface area contributed by atoms with Crippen LogP contribution in [0.1, 0.15) is 44.5 Å². The van der Waals surface area contributed by atoms with E-state index in [-0.39, 0.29) is 11.5 Å². The number of allylic oxidation sites excluding steroid dienone is 2. The molecule has 2 aromatic rings. The molecule has 4 heteroatoms. The van der Waals surface area contributed by atoms with E-state index in [1.807, 2.05) is 65.8 Å². The SMILES string of the molecule is Cc1cc(C)c(C(O)=CC(=O)C(=O)C=C(O)c2c(C)cc(C)cc2C)c(C)c1. The number of rotatable bonds is 5. The van der Waals surface area contributed by atoms with Crippen molar-refractivity contribution in [3.8, 4) is 0 Å². The molecule has 28 heavy (non-hydrogen) atoms. The molecule has 0 aliphatic carbocycles. The van der Waals surface area contributed by atoms with Crippen LogP contribution in [0.15, 0.2) is 36.4 Å². The summed E-state index contributed by atoms with van der Waals surface area (Å²) in [5.41, 5.74) is 6.42. The molecule has 0 spiro atoms. The van der Waals surface area contributed by atoms with Crippen LogP contribution >= 0.6 is 0 Å². The number of carbonyl (C=O) groups excluding carboxylic acids is 2. The normalized spacial score (nSPS) is 12.2. The largest absolute Gasteiger partial charge is 0.507 e. The van der Waals surface area contributed by atoms with Crippen LogP contribution in [0.5, 0.6) is 0 Å². The van der Waals surface area contributed by atoms with Crippen molar-refractivity contribution in [1.82, 2.24) is 0 Å². The Morgan fingerprint density at radius 3 is 1.11 bits per heavy atom. The zero-order valence-corrected chi connectivity index (χ0v) is 17.2. The van der Waals surface area contributed by atoms with Crippen LogP contribution < -0.4 is 0 Å². The van der Waals surface area contributed by atoms with E-state index in [1.165, 1.54) is 0 Å². The Morgan fingerprint density at radius 2 is 0.857 bits per heavy atom. The molecule has 0 saturated carbocycles. The molecule has 2 rings (SSSR count). The minimum absolute atomic E-state index is 0.260. The van der Waals surface area contributed by atoms with E-state index < -0.39 is 11.6 Å². The second kappa shape index (κ2) is 8.26. The summed E-state index contributed by atoms with van der Waals surface area (Å²) >= 11 is 0. The number of hydrogen-bond acceptors (Lipinski definition) is 4. The lowest BCUT2D eigenvalue weighted by molar-refractivity contribution is -0.130. The minimum atomic E-state index is -0.897. The molecule has 0 unspecified atom stereocenters. The van der Waals surface area contributed by atoms with Crippen molar-refractivity contribution in [2.24, 2.45) is 0 Å². The maximum Gasteiger partial charge on any atom is 0.229 e. The molecule has 0 heterocycles. The Bertz CT molecular complexity index is 893. The number of carbonyl (C=O) groups is 2. The summed E-state index contributed by atoms with van der Waals surface area (Å²) in [6.45, 7) is 11.2. The molecular weight excluding hydrogens is 352 g/mol. The quantitative estimate of drug-likeness (QED) is 0.427. The highest BCUT2D eigenvalue weighted by Gasteiger charge is 2.16. The van der Waals surface area contributed by atoms with Crippen molar-refractivity contribution in [2.45, 2.75) is 41.5 Å². The summed E-state index contributed by atoms with van der Waals surface area (Å²) in [4.78, 5) is 24.5. The van der Waals surface area contributed by atoms with Crippen LogP contribution in [-0.2, 0) is 9.59 Å². The number of benzene rings is 2. The fraction of sp³-hybridized carbons (Fsp3) is 0.250. The third-order valence-corrected chi connectivity index (χ3v) is 4.64. The van der Waals surface area contributed by atoms with E-state index in [9.17, 15) is 19.8 Å². The van der Waals surface area contributed by atoms with E-state index >= 15 is 0 Å². The second-order valence-corrected chi connectivity index (χ2v) is 7.34. The zero-order chi connectivity index (χ0) is 21.2. The smallest absolute Gasteiger partial charge is 0.229 e. The highest BCUT2D eigenvalue weighted by atomic mass is 16.3. The lowest BCUT2D eigenvalue weighted by atomic mass is 9.96. The molecule has 146 valence electrons. The van der Waals surface area contributed by atoms with Gasteiger partial charge in [0.25, 0.3) is 0 Å². The highest BCUT2D eigenvalue weighted by Crippen LogP contribution is 2.24. The first-order valence-corrected chi connectivity index (χ1v) is 9.07. The van der Waals surface area contributed by atoms with E-state index in [0.717, 1.165) is 45.5 Å². The average Bonchev–Trinajstić information content (AvgIpc) is 2.52. The van der Waals surface area contributed by atoms with Gasteiger partial charge in [0, 0.05) is 23.3 Å². The Labute approximate surface area is 165 Å². The summed E-state index contributed by atoms with van der Waals surface area (Å²) < 4.78 is 0. The summed E-state index contributed by atoms with van der Waals surface area (Å²) in [6.07, 6.45) is 1.82. The van der Waals surface area contributed by atoms with Crippen LogP contribution in [0.25, 0.3) is 11.5 Å². The van der Waals surface area contributed by atoms with Crippen LogP contribution in [0, 0.1) is 41.5 Å². The van der Waals surface area contributed by atoms with Crippen LogP contribution in [0.2, 0.25) is 0 Å². The lowest BCUT2D eigenvalue weighted by Crippen LogP contribution is -2.10. The molecule has 2 aromatic carbocycles. The Kier molecular flexibility index (Phi) is 6.24. The lowest BCUT2D eigenvalue weighted by Gasteiger charge is -2.11. The van der Waals surface area contributed by atoms with Crippen molar-refractivity contribution in [1.29, 1.82) is 0 Å². The van der Waals surface area contributed by atoms with Crippen molar-refractivity contribution < 1.29 is 19.8 Å². The Morgan fingerprint density at radius 1 is 0.607 bits per heavy atom. The number of aliphatic hydroxyl groups excluding tert-OH is 2. The van der Waals surface area contributed by atoms with Gasteiger partial charge in [0.15, 0.2) is 0 Å². The monoisotopic (exact) mass is 378 g/mol. The molecule has 0 saturated heterocycles.